The molecule has 0 bridgehead atoms. The molecule has 0 amide bonds. The average molecular weight is 481 g/mol. The van der Waals surface area contributed by atoms with E-state index in [4.69, 9.17) is 0 Å². The van der Waals surface area contributed by atoms with Gasteiger partial charge in [0, 0.05) is 0 Å². The van der Waals surface area contributed by atoms with Crippen molar-refractivity contribution in [1.82, 2.24) is 0 Å². The van der Waals surface area contributed by atoms with Gasteiger partial charge in [-0.05, 0) is 97.7 Å². The van der Waals surface area contributed by atoms with Crippen molar-refractivity contribution < 1.29 is 10.2 Å². The Balaban J connectivity index is 1.53. The Morgan fingerprint density at radius 1 is 0.933 bits per heavy atom. The van der Waals surface area contributed by atoms with Crippen LogP contribution in [0, 0.1) is 46.3 Å². The van der Waals surface area contributed by atoms with E-state index in [-0.39, 0.29) is 21.9 Å². The maximum absolute atomic E-state index is 11.4. The third-order valence-corrected chi connectivity index (χ3v) is 12.7. The van der Waals surface area contributed by atoms with Gasteiger partial charge >= 0.3 is 0 Å². The van der Waals surface area contributed by atoms with Crippen molar-refractivity contribution in [1.29, 1.82) is 0 Å². The fraction of sp³-hybridized carbons (Fsp3) is 1.00. The zero-order chi connectivity index (χ0) is 21.9. The summed E-state index contributed by atoms with van der Waals surface area (Å²) >= 11 is 4.05. The molecule has 4 aliphatic rings. The Morgan fingerprint density at radius 3 is 2.37 bits per heavy atom. The molecular formula is C27H47BrO2. The molecule has 4 rings (SSSR count). The zero-order valence-corrected chi connectivity index (χ0v) is 21.8. The summed E-state index contributed by atoms with van der Waals surface area (Å²) in [5.74, 6) is 4.66. The highest BCUT2D eigenvalue weighted by atomic mass is 76.9. The van der Waals surface area contributed by atoms with Gasteiger partial charge in [0.25, 0.3) is 0 Å². The van der Waals surface area contributed by atoms with Crippen LogP contribution in [-0.2, 0) is 0 Å². The van der Waals surface area contributed by atoms with Crippen molar-refractivity contribution in [2.45, 2.75) is 122 Å². The van der Waals surface area contributed by atoms with E-state index in [1.165, 1.54) is 44.9 Å². The lowest BCUT2D eigenvalue weighted by molar-refractivity contribution is -0.154. The Kier molecular flexibility index (Phi) is 6.53. The number of alkyl halides is 1. The highest BCUT2D eigenvalue weighted by Crippen LogP contribution is 2.70. The molecule has 0 aliphatic heterocycles. The average Bonchev–Trinajstić information content (AvgIpc) is 3.01. The van der Waals surface area contributed by atoms with Crippen LogP contribution in [0.5, 0.6) is 0 Å². The molecule has 0 aromatic rings. The second kappa shape index (κ2) is 8.32. The molecule has 30 heavy (non-hydrogen) atoms. The standard InChI is InChI=1S/C27H47BrO2/c1-17(2)7-6-8-18(3)21-9-10-22-20-15-24(30)27(28)16-19(29)11-14-26(27,5)23(20)12-13-25(21,22)4/h17-24,29-30H,6-16H2,1-5H3/t18-,19+,20+,21-,22+,23+,24-,25-,26-,27+/m1/s1/i28-3. The van der Waals surface area contributed by atoms with Gasteiger partial charge in [-0.25, -0.2) is 0 Å². The fourth-order valence-corrected chi connectivity index (χ4v) is 10.3. The Morgan fingerprint density at radius 2 is 1.67 bits per heavy atom. The highest BCUT2D eigenvalue weighted by molar-refractivity contribution is 9.10. The van der Waals surface area contributed by atoms with E-state index in [0.29, 0.717) is 23.7 Å². The van der Waals surface area contributed by atoms with Crippen molar-refractivity contribution >= 4 is 15.9 Å². The smallest absolute Gasteiger partial charge is 0.0702 e. The van der Waals surface area contributed by atoms with Gasteiger partial charge in [-0.3, -0.25) is 0 Å². The Bertz CT molecular complexity index is 622. The topological polar surface area (TPSA) is 40.5 Å². The van der Waals surface area contributed by atoms with Crippen molar-refractivity contribution in [3.63, 3.8) is 0 Å². The zero-order valence-electron chi connectivity index (χ0n) is 20.2. The SMILES string of the molecule is CC(C)CCC[C@@H](C)[C@H]1CC[C@H]2[C@@H]3C[C@@H](O)[C@@]4([77Br])C[C@@H](O)CC[C@]4(C)[C@H]3CC[C@]12C. The monoisotopic (exact) mass is 480 g/mol. The summed E-state index contributed by atoms with van der Waals surface area (Å²) in [5.41, 5.74) is 0.575. The van der Waals surface area contributed by atoms with Gasteiger partial charge in [0.15, 0.2) is 0 Å². The molecule has 0 saturated heterocycles. The predicted octanol–water partition coefficient (Wildman–Crippen LogP) is 6.96. The van der Waals surface area contributed by atoms with Gasteiger partial charge in [-0.1, -0.05) is 69.8 Å². The number of fused-ring (bicyclic) bond motifs is 5. The fourth-order valence-electron chi connectivity index (χ4n) is 9.24. The van der Waals surface area contributed by atoms with Gasteiger partial charge in [0.2, 0.25) is 0 Å². The molecule has 0 aromatic heterocycles. The van der Waals surface area contributed by atoms with Crippen LogP contribution in [0.3, 0.4) is 0 Å². The number of hydrogen-bond donors (Lipinski definition) is 2. The van der Waals surface area contributed by atoms with E-state index in [2.05, 4.69) is 50.5 Å². The number of halogens is 1. The van der Waals surface area contributed by atoms with Gasteiger partial charge in [0.1, 0.15) is 0 Å². The molecule has 10 atom stereocenters. The lowest BCUT2D eigenvalue weighted by Crippen LogP contribution is -2.65. The van der Waals surface area contributed by atoms with Gasteiger partial charge < -0.3 is 10.2 Å². The predicted molar refractivity (Wildman–Crippen MR) is 129 cm³/mol. The second-order valence-electron chi connectivity index (χ2n) is 12.8. The Labute approximate surface area is 194 Å². The molecule has 0 unspecified atom stereocenters. The van der Waals surface area contributed by atoms with E-state index in [1.54, 1.807) is 0 Å². The van der Waals surface area contributed by atoms with E-state index < -0.39 is 0 Å². The number of hydrogen-bond acceptors (Lipinski definition) is 2. The minimum atomic E-state index is -0.330. The summed E-state index contributed by atoms with van der Waals surface area (Å²) in [7, 11) is 0. The van der Waals surface area contributed by atoms with Crippen molar-refractivity contribution in [2.75, 3.05) is 0 Å². The molecule has 4 saturated carbocycles. The molecule has 4 fully saturated rings. The molecule has 0 aromatic carbocycles. The maximum Gasteiger partial charge on any atom is 0.0702 e. The minimum absolute atomic E-state index is 0.108. The van der Waals surface area contributed by atoms with E-state index >= 15 is 0 Å². The van der Waals surface area contributed by atoms with Crippen LogP contribution < -0.4 is 0 Å². The van der Waals surface area contributed by atoms with Gasteiger partial charge in [-0.2, -0.15) is 0 Å². The summed E-state index contributed by atoms with van der Waals surface area (Å²) in [6, 6.07) is 0. The second-order valence-corrected chi connectivity index (χ2v) is 14.3. The molecule has 174 valence electrons. The molecule has 3 heteroatoms. The van der Waals surface area contributed by atoms with Crippen LogP contribution in [0.2, 0.25) is 0 Å². The van der Waals surface area contributed by atoms with Crippen molar-refractivity contribution in [3.05, 3.63) is 0 Å². The first-order chi connectivity index (χ1) is 14.0. The lowest BCUT2D eigenvalue weighted by atomic mass is 9.43. The van der Waals surface area contributed by atoms with Crippen LogP contribution in [0.4, 0.5) is 0 Å². The van der Waals surface area contributed by atoms with Gasteiger partial charge in [0.05, 0.1) is 16.5 Å². The largest absolute Gasteiger partial charge is 0.393 e. The van der Waals surface area contributed by atoms with Crippen LogP contribution >= 0.6 is 15.9 Å². The van der Waals surface area contributed by atoms with Crippen LogP contribution in [0.15, 0.2) is 0 Å². The van der Waals surface area contributed by atoms with Crippen molar-refractivity contribution in [3.8, 4) is 0 Å². The number of rotatable bonds is 5. The van der Waals surface area contributed by atoms with E-state index in [9.17, 15) is 10.2 Å². The number of aliphatic hydroxyl groups excluding tert-OH is 2. The van der Waals surface area contributed by atoms with E-state index in [0.717, 1.165) is 42.9 Å². The molecule has 0 radical (unpaired) electrons. The summed E-state index contributed by atoms with van der Waals surface area (Å²) in [6.07, 6.45) is 12.6. The van der Waals surface area contributed by atoms with Crippen LogP contribution in [0.1, 0.15) is 105 Å². The Hall–Kier alpha value is 0.400. The summed E-state index contributed by atoms with van der Waals surface area (Å²) in [4.78, 5) is 0. The normalized spacial score (nSPS) is 51.9. The first-order valence-corrected chi connectivity index (χ1v) is 13.9. The summed E-state index contributed by atoms with van der Waals surface area (Å²) in [6.45, 7) is 12.3. The molecular weight excluding hydrogens is 433 g/mol. The summed E-state index contributed by atoms with van der Waals surface area (Å²) in [5, 5.41) is 21.8. The first kappa shape index (κ1) is 23.6. The number of aliphatic hydroxyl groups is 2. The third kappa shape index (κ3) is 3.56. The van der Waals surface area contributed by atoms with Gasteiger partial charge in [-0.15, -0.1) is 0 Å². The maximum atomic E-state index is 11.4. The quantitative estimate of drug-likeness (QED) is 0.418. The molecule has 4 aliphatic carbocycles. The van der Waals surface area contributed by atoms with Crippen molar-refractivity contribution in [2.24, 2.45) is 46.3 Å². The van der Waals surface area contributed by atoms with Crippen LogP contribution in [-0.4, -0.2) is 26.7 Å². The highest BCUT2D eigenvalue weighted by Gasteiger charge is 2.67. The molecule has 0 heterocycles. The first-order valence-electron chi connectivity index (χ1n) is 13.1. The molecule has 2 N–H and O–H groups in total. The molecule has 0 spiro atoms. The summed E-state index contributed by atoms with van der Waals surface area (Å²) < 4.78 is -0.297. The van der Waals surface area contributed by atoms with Crippen LogP contribution in [0.25, 0.3) is 0 Å². The third-order valence-electron chi connectivity index (χ3n) is 11.0. The van der Waals surface area contributed by atoms with E-state index in [1.807, 2.05) is 0 Å². The molecule has 2 nitrogen and oxygen atoms in total. The minimum Gasteiger partial charge on any atom is -0.393 e. The lowest BCUT2D eigenvalue weighted by Gasteiger charge is -2.65.